The molecule has 19 heavy (non-hydrogen) atoms. The smallest absolute Gasteiger partial charge is 0.00957 e. The highest BCUT2D eigenvalue weighted by Crippen LogP contribution is 2.31. The summed E-state index contributed by atoms with van der Waals surface area (Å²) < 4.78 is 0. The quantitative estimate of drug-likeness (QED) is 0.846. The van der Waals surface area contributed by atoms with Crippen LogP contribution in [0, 0.1) is 11.8 Å². The first-order valence-corrected chi connectivity index (χ1v) is 7.86. The van der Waals surface area contributed by atoms with E-state index in [-0.39, 0.29) is 0 Å². The second-order valence-corrected chi connectivity index (χ2v) is 6.67. The molecular weight excluding hydrogens is 230 g/mol. The molecule has 1 fully saturated rings. The van der Waals surface area contributed by atoms with Crippen molar-refractivity contribution in [2.45, 2.75) is 58.4 Å². The molecule has 0 saturated heterocycles. The summed E-state index contributed by atoms with van der Waals surface area (Å²) >= 11 is 0. The van der Waals surface area contributed by atoms with Crippen LogP contribution >= 0.6 is 0 Å². The van der Waals surface area contributed by atoms with Gasteiger partial charge >= 0.3 is 0 Å². The summed E-state index contributed by atoms with van der Waals surface area (Å²) in [6.45, 7) is 6.92. The fraction of sp³-hybridized carbons (Fsp3) is 0.667. The molecule has 1 saturated carbocycles. The van der Waals surface area contributed by atoms with E-state index in [1.165, 1.54) is 36.8 Å². The van der Waals surface area contributed by atoms with E-state index in [1.807, 2.05) is 0 Å². The Balaban J connectivity index is 2.02. The molecule has 0 heterocycles. The molecule has 0 spiro atoms. The van der Waals surface area contributed by atoms with Gasteiger partial charge in [-0.3, -0.25) is 0 Å². The highest BCUT2D eigenvalue weighted by Gasteiger charge is 2.27. The number of hydrogen-bond donors (Lipinski definition) is 1. The average molecular weight is 259 g/mol. The van der Waals surface area contributed by atoms with Crippen molar-refractivity contribution in [2.24, 2.45) is 11.8 Å². The first-order valence-electron chi connectivity index (χ1n) is 7.86. The molecule has 2 rings (SSSR count). The van der Waals surface area contributed by atoms with Crippen LogP contribution in [0.15, 0.2) is 24.3 Å². The van der Waals surface area contributed by atoms with E-state index in [0.717, 1.165) is 11.8 Å². The van der Waals surface area contributed by atoms with E-state index in [1.54, 1.807) is 0 Å². The zero-order valence-corrected chi connectivity index (χ0v) is 12.9. The molecule has 0 aliphatic heterocycles. The summed E-state index contributed by atoms with van der Waals surface area (Å²) in [5.74, 6) is 2.33. The molecule has 1 aliphatic rings. The predicted molar refractivity (Wildman–Crippen MR) is 83.6 cm³/mol. The van der Waals surface area contributed by atoms with Crippen molar-refractivity contribution in [3.8, 4) is 0 Å². The summed E-state index contributed by atoms with van der Waals surface area (Å²) in [5, 5.41) is 3.52. The first kappa shape index (κ1) is 14.6. The lowest BCUT2D eigenvalue weighted by molar-refractivity contribution is 0.220. The normalized spacial score (nSPS) is 27.7. The van der Waals surface area contributed by atoms with Gasteiger partial charge in [0.15, 0.2) is 0 Å². The van der Waals surface area contributed by atoms with Crippen molar-refractivity contribution in [3.05, 3.63) is 35.4 Å². The van der Waals surface area contributed by atoms with Crippen LogP contribution in [-0.2, 0) is 6.42 Å². The lowest BCUT2D eigenvalue weighted by Gasteiger charge is -2.35. The Hall–Kier alpha value is -0.820. The molecule has 1 nitrogen and oxygen atoms in total. The van der Waals surface area contributed by atoms with Gasteiger partial charge in [-0.25, -0.2) is 0 Å². The third-order valence-electron chi connectivity index (χ3n) is 4.76. The van der Waals surface area contributed by atoms with E-state index in [9.17, 15) is 0 Å². The Labute approximate surface area is 118 Å². The minimum Gasteiger partial charge on any atom is -0.317 e. The van der Waals surface area contributed by atoms with Crippen molar-refractivity contribution in [1.29, 1.82) is 0 Å². The van der Waals surface area contributed by atoms with Gasteiger partial charge in [0.25, 0.3) is 0 Å². The Bertz CT molecular complexity index is 379. The third-order valence-corrected chi connectivity index (χ3v) is 4.76. The minimum atomic E-state index is 0.633. The van der Waals surface area contributed by atoms with Crippen molar-refractivity contribution in [1.82, 2.24) is 5.32 Å². The van der Waals surface area contributed by atoms with Crippen LogP contribution < -0.4 is 5.32 Å². The zero-order chi connectivity index (χ0) is 13.8. The maximum atomic E-state index is 3.52. The SMILES string of the molecule is CNC1CCC(C)CC1Cc1ccc(C(C)C)cc1. The van der Waals surface area contributed by atoms with E-state index in [4.69, 9.17) is 0 Å². The summed E-state index contributed by atoms with van der Waals surface area (Å²) in [6, 6.07) is 9.99. The molecule has 1 heteroatoms. The van der Waals surface area contributed by atoms with Crippen LogP contribution in [0.25, 0.3) is 0 Å². The van der Waals surface area contributed by atoms with Crippen molar-refractivity contribution < 1.29 is 0 Å². The maximum absolute atomic E-state index is 3.52. The van der Waals surface area contributed by atoms with Crippen LogP contribution in [-0.4, -0.2) is 13.1 Å². The molecule has 3 atom stereocenters. The summed E-state index contributed by atoms with van der Waals surface area (Å²) in [6.07, 6.45) is 5.33. The summed E-state index contributed by atoms with van der Waals surface area (Å²) in [4.78, 5) is 0. The average Bonchev–Trinajstić information content (AvgIpc) is 2.39. The monoisotopic (exact) mass is 259 g/mol. The molecule has 1 N–H and O–H groups in total. The highest BCUT2D eigenvalue weighted by atomic mass is 14.9. The fourth-order valence-electron chi connectivity index (χ4n) is 3.45. The Morgan fingerprint density at radius 3 is 2.42 bits per heavy atom. The molecule has 1 aliphatic carbocycles. The Kier molecular flexibility index (Phi) is 5.04. The molecule has 0 bridgehead atoms. The van der Waals surface area contributed by atoms with Gasteiger partial charge in [0, 0.05) is 6.04 Å². The fourth-order valence-corrected chi connectivity index (χ4v) is 3.45. The lowest BCUT2D eigenvalue weighted by Crippen LogP contribution is -2.39. The second-order valence-electron chi connectivity index (χ2n) is 6.67. The Morgan fingerprint density at radius 2 is 1.84 bits per heavy atom. The van der Waals surface area contributed by atoms with Gasteiger partial charge in [-0.2, -0.15) is 0 Å². The standard InChI is InChI=1S/C18H29N/c1-13(2)16-8-6-15(7-9-16)12-17-11-14(3)5-10-18(17)19-4/h6-9,13-14,17-19H,5,10-12H2,1-4H3. The largest absolute Gasteiger partial charge is 0.317 e. The minimum absolute atomic E-state index is 0.633. The number of hydrogen-bond acceptors (Lipinski definition) is 1. The molecular formula is C18H29N. The van der Waals surface area contributed by atoms with E-state index in [0.29, 0.717) is 12.0 Å². The first-order chi connectivity index (χ1) is 9.10. The van der Waals surface area contributed by atoms with Gasteiger partial charge in [0.1, 0.15) is 0 Å². The number of rotatable bonds is 4. The molecule has 3 unspecified atom stereocenters. The second kappa shape index (κ2) is 6.56. The van der Waals surface area contributed by atoms with Crippen molar-refractivity contribution >= 4 is 0 Å². The van der Waals surface area contributed by atoms with Gasteiger partial charge in [0.05, 0.1) is 0 Å². The van der Waals surface area contributed by atoms with Crippen molar-refractivity contribution in [2.75, 3.05) is 7.05 Å². The van der Waals surface area contributed by atoms with Crippen LogP contribution in [0.1, 0.15) is 57.1 Å². The van der Waals surface area contributed by atoms with Crippen LogP contribution in [0.5, 0.6) is 0 Å². The molecule has 0 aromatic heterocycles. The number of benzene rings is 1. The summed E-state index contributed by atoms with van der Waals surface area (Å²) in [7, 11) is 2.12. The molecule has 0 radical (unpaired) electrons. The van der Waals surface area contributed by atoms with Crippen molar-refractivity contribution in [3.63, 3.8) is 0 Å². The van der Waals surface area contributed by atoms with Gasteiger partial charge in [0.2, 0.25) is 0 Å². The third kappa shape index (κ3) is 3.82. The van der Waals surface area contributed by atoms with Gasteiger partial charge in [-0.05, 0) is 61.6 Å². The molecule has 106 valence electrons. The number of nitrogens with one attached hydrogen (secondary N) is 1. The van der Waals surface area contributed by atoms with Crippen LogP contribution in [0.3, 0.4) is 0 Å². The predicted octanol–water partition coefficient (Wildman–Crippen LogP) is 4.38. The molecule has 1 aromatic carbocycles. The van der Waals surface area contributed by atoms with Gasteiger partial charge < -0.3 is 5.32 Å². The maximum Gasteiger partial charge on any atom is 0.00957 e. The topological polar surface area (TPSA) is 12.0 Å². The molecule has 0 amide bonds. The summed E-state index contributed by atoms with van der Waals surface area (Å²) in [5.41, 5.74) is 2.95. The van der Waals surface area contributed by atoms with Gasteiger partial charge in [-0.1, -0.05) is 45.0 Å². The van der Waals surface area contributed by atoms with Crippen LogP contribution in [0.2, 0.25) is 0 Å². The molecule has 1 aromatic rings. The Morgan fingerprint density at radius 1 is 1.16 bits per heavy atom. The lowest BCUT2D eigenvalue weighted by atomic mass is 9.76. The van der Waals surface area contributed by atoms with E-state index < -0.39 is 0 Å². The van der Waals surface area contributed by atoms with Crippen LogP contribution in [0.4, 0.5) is 0 Å². The van der Waals surface area contributed by atoms with Gasteiger partial charge in [-0.15, -0.1) is 0 Å². The van der Waals surface area contributed by atoms with E-state index >= 15 is 0 Å². The van der Waals surface area contributed by atoms with E-state index in [2.05, 4.69) is 57.4 Å². The highest BCUT2D eigenvalue weighted by molar-refractivity contribution is 5.25. The zero-order valence-electron chi connectivity index (χ0n) is 12.9.